The second kappa shape index (κ2) is 8.37. The maximum absolute atomic E-state index is 13.3. The van der Waals surface area contributed by atoms with Crippen LogP contribution in [0.4, 0.5) is 0 Å². The first-order chi connectivity index (χ1) is 15.4. The first-order valence-electron chi connectivity index (χ1n) is 10.3. The molecule has 0 bridgehead atoms. The third-order valence-electron chi connectivity index (χ3n) is 5.43. The van der Waals surface area contributed by atoms with Gasteiger partial charge in [0.05, 0.1) is 37.2 Å². The topological polar surface area (TPSA) is 88.5 Å². The normalized spacial score (nSPS) is 11.3. The van der Waals surface area contributed by atoms with Crippen LogP contribution in [0.3, 0.4) is 0 Å². The molecule has 0 aliphatic rings. The summed E-state index contributed by atoms with van der Waals surface area (Å²) in [6, 6.07) is 12.3. The molecule has 2 heterocycles. The lowest BCUT2D eigenvalue weighted by atomic mass is 10.2. The van der Waals surface area contributed by atoms with Gasteiger partial charge < -0.3 is 13.9 Å². The Hall–Kier alpha value is -3.81. The van der Waals surface area contributed by atoms with E-state index in [4.69, 9.17) is 13.9 Å². The van der Waals surface area contributed by atoms with Crippen molar-refractivity contribution in [3.8, 4) is 23.0 Å². The monoisotopic (exact) mass is 435 g/mol. The van der Waals surface area contributed by atoms with Crippen LogP contribution in [0, 0.1) is 6.92 Å². The number of hydrogen-bond acceptors (Lipinski definition) is 6. The molecule has 8 nitrogen and oxygen atoms in total. The molecule has 0 saturated carbocycles. The number of benzene rings is 2. The molecule has 0 aliphatic heterocycles. The summed E-state index contributed by atoms with van der Waals surface area (Å²) in [7, 11) is 3.12. The van der Waals surface area contributed by atoms with Gasteiger partial charge in [-0.2, -0.15) is 0 Å². The van der Waals surface area contributed by atoms with E-state index in [0.717, 1.165) is 0 Å². The van der Waals surface area contributed by atoms with Gasteiger partial charge in [0, 0.05) is 6.04 Å². The number of ether oxygens (including phenoxy) is 2. The minimum absolute atomic E-state index is 0.161. The lowest BCUT2D eigenvalue weighted by Crippen LogP contribution is -2.41. The van der Waals surface area contributed by atoms with E-state index < -0.39 is 0 Å². The van der Waals surface area contributed by atoms with Crippen LogP contribution in [0.25, 0.3) is 22.4 Å². The molecule has 2 aromatic carbocycles. The largest absolute Gasteiger partial charge is 0.493 e. The second-order valence-corrected chi connectivity index (χ2v) is 7.72. The van der Waals surface area contributed by atoms with E-state index in [1.54, 1.807) is 56.0 Å². The van der Waals surface area contributed by atoms with Crippen molar-refractivity contribution in [1.29, 1.82) is 0 Å². The Morgan fingerprint density at radius 3 is 2.47 bits per heavy atom. The van der Waals surface area contributed by atoms with Crippen LogP contribution in [0.5, 0.6) is 11.5 Å². The Morgan fingerprint density at radius 2 is 1.78 bits per heavy atom. The van der Waals surface area contributed by atoms with Crippen molar-refractivity contribution in [3.63, 3.8) is 0 Å². The first kappa shape index (κ1) is 21.4. The van der Waals surface area contributed by atoms with Gasteiger partial charge in [-0.05, 0) is 45.0 Å². The molecule has 0 spiro atoms. The van der Waals surface area contributed by atoms with Gasteiger partial charge in [0.25, 0.3) is 5.56 Å². The highest BCUT2D eigenvalue weighted by Gasteiger charge is 2.21. The Bertz CT molecular complexity index is 1410. The molecular formula is C24H25N3O5. The van der Waals surface area contributed by atoms with Crippen LogP contribution in [-0.2, 0) is 6.54 Å². The van der Waals surface area contributed by atoms with Gasteiger partial charge in [0.2, 0.25) is 5.89 Å². The summed E-state index contributed by atoms with van der Waals surface area (Å²) >= 11 is 0. The molecule has 0 aliphatic carbocycles. The SMILES string of the molecule is COc1cccc(-c2nc(Cn3c(=O)n(C(C)C)c(=O)c4ccccc43)c(C)o2)c1OC. The minimum atomic E-state index is -0.383. The zero-order valence-corrected chi connectivity index (χ0v) is 18.7. The van der Waals surface area contributed by atoms with Gasteiger partial charge in [0.1, 0.15) is 11.5 Å². The first-order valence-corrected chi connectivity index (χ1v) is 10.3. The van der Waals surface area contributed by atoms with Crippen molar-refractivity contribution >= 4 is 10.9 Å². The molecule has 0 atom stereocenters. The number of aromatic nitrogens is 3. The van der Waals surface area contributed by atoms with Gasteiger partial charge in [-0.1, -0.05) is 18.2 Å². The number of methoxy groups -OCH3 is 2. The quantitative estimate of drug-likeness (QED) is 0.458. The number of nitrogens with zero attached hydrogens (tertiary/aromatic N) is 3. The van der Waals surface area contributed by atoms with Gasteiger partial charge in [-0.25, -0.2) is 9.78 Å². The Balaban J connectivity index is 1.87. The summed E-state index contributed by atoms with van der Waals surface area (Å²) in [6.07, 6.45) is 0. The van der Waals surface area contributed by atoms with Crippen molar-refractivity contribution in [2.45, 2.75) is 33.4 Å². The molecule has 4 aromatic rings. The molecule has 2 aromatic heterocycles. The van der Waals surface area contributed by atoms with Gasteiger partial charge >= 0.3 is 5.69 Å². The van der Waals surface area contributed by atoms with Gasteiger partial charge in [0.15, 0.2) is 11.5 Å². The van der Waals surface area contributed by atoms with E-state index in [1.165, 1.54) is 4.57 Å². The van der Waals surface area contributed by atoms with E-state index in [-0.39, 0.29) is 23.8 Å². The maximum atomic E-state index is 13.3. The minimum Gasteiger partial charge on any atom is -0.493 e. The summed E-state index contributed by atoms with van der Waals surface area (Å²) in [5, 5.41) is 0.483. The number of aryl methyl sites for hydroxylation is 1. The molecule has 0 fully saturated rings. The van der Waals surface area contributed by atoms with Crippen LogP contribution in [0.15, 0.2) is 56.5 Å². The highest BCUT2D eigenvalue weighted by molar-refractivity contribution is 5.78. The van der Waals surface area contributed by atoms with Crippen LogP contribution >= 0.6 is 0 Å². The van der Waals surface area contributed by atoms with E-state index in [9.17, 15) is 9.59 Å². The van der Waals surface area contributed by atoms with Crippen LogP contribution in [0.2, 0.25) is 0 Å². The lowest BCUT2D eigenvalue weighted by Gasteiger charge is -2.15. The van der Waals surface area contributed by atoms with E-state index in [0.29, 0.717) is 45.3 Å². The molecule has 0 amide bonds. The average molecular weight is 435 g/mol. The summed E-state index contributed by atoms with van der Waals surface area (Å²) in [5.74, 6) is 2.01. The number of oxazole rings is 1. The third kappa shape index (κ3) is 3.47. The summed E-state index contributed by atoms with van der Waals surface area (Å²) in [6.45, 7) is 5.59. The zero-order valence-electron chi connectivity index (χ0n) is 18.7. The molecule has 8 heteroatoms. The Labute approximate surface area is 184 Å². The van der Waals surface area contributed by atoms with E-state index in [2.05, 4.69) is 4.98 Å². The van der Waals surface area contributed by atoms with Gasteiger partial charge in [-0.15, -0.1) is 0 Å². The Kier molecular flexibility index (Phi) is 5.61. The van der Waals surface area contributed by atoms with Crippen molar-refractivity contribution in [1.82, 2.24) is 14.1 Å². The summed E-state index contributed by atoms with van der Waals surface area (Å²) in [5.41, 5.74) is 1.11. The van der Waals surface area contributed by atoms with Crippen molar-refractivity contribution in [3.05, 3.63) is 74.8 Å². The smallest absolute Gasteiger partial charge is 0.332 e. The van der Waals surface area contributed by atoms with E-state index in [1.807, 2.05) is 26.0 Å². The number of fused-ring (bicyclic) bond motifs is 1. The zero-order chi connectivity index (χ0) is 23.0. The second-order valence-electron chi connectivity index (χ2n) is 7.72. The third-order valence-corrected chi connectivity index (χ3v) is 5.43. The standard InChI is InChI=1S/C24H25N3O5/c1-14(2)27-23(28)16-9-6-7-11-19(16)26(24(27)29)13-18-15(3)32-22(25-18)17-10-8-12-20(30-4)21(17)31-5/h6-12,14H,13H2,1-5H3. The molecule has 0 saturated heterocycles. The van der Waals surface area contributed by atoms with E-state index >= 15 is 0 Å². The molecule has 0 N–H and O–H groups in total. The van der Waals surface area contributed by atoms with Crippen molar-refractivity contribution < 1.29 is 13.9 Å². The van der Waals surface area contributed by atoms with Crippen molar-refractivity contribution in [2.24, 2.45) is 0 Å². The predicted octanol–water partition coefficient (Wildman–Crippen LogP) is 3.77. The lowest BCUT2D eigenvalue weighted by molar-refractivity contribution is 0.355. The fraction of sp³-hybridized carbons (Fsp3) is 0.292. The Morgan fingerprint density at radius 1 is 1.03 bits per heavy atom. The van der Waals surface area contributed by atoms with Crippen LogP contribution < -0.4 is 20.7 Å². The number of hydrogen-bond donors (Lipinski definition) is 0. The highest BCUT2D eigenvalue weighted by Crippen LogP contribution is 2.38. The number of para-hydroxylation sites is 2. The van der Waals surface area contributed by atoms with Crippen LogP contribution in [0.1, 0.15) is 31.3 Å². The predicted molar refractivity (Wildman–Crippen MR) is 122 cm³/mol. The molecule has 0 unspecified atom stereocenters. The fourth-order valence-electron chi connectivity index (χ4n) is 3.84. The summed E-state index contributed by atoms with van der Waals surface area (Å²) < 4.78 is 19.6. The summed E-state index contributed by atoms with van der Waals surface area (Å²) in [4.78, 5) is 30.8. The molecule has 32 heavy (non-hydrogen) atoms. The van der Waals surface area contributed by atoms with Crippen LogP contribution in [-0.4, -0.2) is 28.3 Å². The molecule has 166 valence electrons. The average Bonchev–Trinajstić information content (AvgIpc) is 3.15. The maximum Gasteiger partial charge on any atom is 0.332 e. The number of rotatable bonds is 6. The molecular weight excluding hydrogens is 410 g/mol. The van der Waals surface area contributed by atoms with Gasteiger partial charge in [-0.3, -0.25) is 13.9 Å². The fourth-order valence-corrected chi connectivity index (χ4v) is 3.84. The van der Waals surface area contributed by atoms with Crippen molar-refractivity contribution in [2.75, 3.05) is 14.2 Å². The molecule has 4 rings (SSSR count). The molecule has 0 radical (unpaired) electrons. The highest BCUT2D eigenvalue weighted by atomic mass is 16.5.